The van der Waals surface area contributed by atoms with Crippen LogP contribution in [-0.2, 0) is 6.54 Å². The molecule has 15 heavy (non-hydrogen) atoms. The van der Waals surface area contributed by atoms with Gasteiger partial charge in [-0.15, -0.1) is 0 Å². The van der Waals surface area contributed by atoms with E-state index in [0.29, 0.717) is 12.1 Å². The molecule has 0 fully saturated rings. The van der Waals surface area contributed by atoms with E-state index in [1.165, 1.54) is 6.07 Å². The monoisotopic (exact) mass is 210 g/mol. The molecule has 3 heteroatoms. The zero-order chi connectivity index (χ0) is 11.3. The highest BCUT2D eigenvalue weighted by molar-refractivity contribution is 5.16. The van der Waals surface area contributed by atoms with Crippen molar-refractivity contribution in [1.82, 2.24) is 5.32 Å². The van der Waals surface area contributed by atoms with Gasteiger partial charge in [0.15, 0.2) is 0 Å². The minimum absolute atomic E-state index is 0.156. The van der Waals surface area contributed by atoms with Crippen molar-refractivity contribution in [2.24, 2.45) is 5.73 Å². The Hall–Kier alpha value is -0.930. The fourth-order valence-electron chi connectivity index (χ4n) is 1.28. The summed E-state index contributed by atoms with van der Waals surface area (Å²) >= 11 is 0. The van der Waals surface area contributed by atoms with Gasteiger partial charge in [0.25, 0.3) is 0 Å². The molecule has 0 amide bonds. The number of hydrogen-bond donors (Lipinski definition) is 2. The van der Waals surface area contributed by atoms with Gasteiger partial charge in [-0.1, -0.05) is 18.2 Å². The Morgan fingerprint density at radius 2 is 2.00 bits per heavy atom. The molecule has 0 aliphatic heterocycles. The van der Waals surface area contributed by atoms with Crippen LogP contribution in [-0.4, -0.2) is 12.1 Å². The van der Waals surface area contributed by atoms with Crippen LogP contribution in [0.15, 0.2) is 24.3 Å². The molecule has 0 aromatic heterocycles. The van der Waals surface area contributed by atoms with E-state index in [-0.39, 0.29) is 11.4 Å². The van der Waals surface area contributed by atoms with Crippen LogP contribution in [0, 0.1) is 5.82 Å². The fourth-order valence-corrected chi connectivity index (χ4v) is 1.28. The average molecular weight is 210 g/mol. The van der Waals surface area contributed by atoms with Gasteiger partial charge >= 0.3 is 0 Å². The zero-order valence-electron chi connectivity index (χ0n) is 9.39. The summed E-state index contributed by atoms with van der Waals surface area (Å²) in [5, 5.41) is 3.18. The van der Waals surface area contributed by atoms with Crippen molar-refractivity contribution in [1.29, 1.82) is 0 Å². The molecule has 0 bridgehead atoms. The second kappa shape index (κ2) is 5.24. The van der Waals surface area contributed by atoms with E-state index in [1.807, 2.05) is 19.9 Å². The molecule has 0 aliphatic rings. The van der Waals surface area contributed by atoms with Crippen LogP contribution in [0.5, 0.6) is 0 Å². The van der Waals surface area contributed by atoms with Crippen LogP contribution in [0.2, 0.25) is 0 Å². The lowest BCUT2D eigenvalue weighted by atomic mass is 10.0. The van der Waals surface area contributed by atoms with Gasteiger partial charge in [0.1, 0.15) is 5.82 Å². The first-order chi connectivity index (χ1) is 6.99. The Balaban J connectivity index is 2.30. The lowest BCUT2D eigenvalue weighted by Crippen LogP contribution is -2.35. The molecule has 0 aliphatic carbocycles. The Labute approximate surface area is 90.7 Å². The Bertz CT molecular complexity index is 305. The number of rotatable bonds is 5. The lowest BCUT2D eigenvalue weighted by molar-refractivity contribution is 0.453. The van der Waals surface area contributed by atoms with E-state index in [2.05, 4.69) is 5.32 Å². The Morgan fingerprint density at radius 3 is 2.60 bits per heavy atom. The highest BCUT2D eigenvalue weighted by atomic mass is 19.1. The summed E-state index contributed by atoms with van der Waals surface area (Å²) in [6.45, 7) is 5.33. The highest BCUT2D eigenvalue weighted by Gasteiger charge is 2.09. The minimum atomic E-state index is -0.164. The number of benzene rings is 1. The molecular weight excluding hydrogens is 191 g/mol. The van der Waals surface area contributed by atoms with Crippen LogP contribution in [0.25, 0.3) is 0 Å². The van der Waals surface area contributed by atoms with Crippen LogP contribution in [0.1, 0.15) is 25.8 Å². The quantitative estimate of drug-likeness (QED) is 0.730. The van der Waals surface area contributed by atoms with Crippen LogP contribution in [0.3, 0.4) is 0 Å². The third kappa shape index (κ3) is 4.91. The van der Waals surface area contributed by atoms with Crippen molar-refractivity contribution >= 4 is 0 Å². The standard InChI is InChI=1S/C12H19FN2/c1-12(2,14)7-8-15-9-10-5-3-4-6-11(10)13/h3-6,15H,7-9,14H2,1-2H3. The van der Waals surface area contributed by atoms with Gasteiger partial charge in [-0.2, -0.15) is 0 Å². The number of hydrogen-bond acceptors (Lipinski definition) is 2. The van der Waals surface area contributed by atoms with Crippen LogP contribution >= 0.6 is 0 Å². The summed E-state index contributed by atoms with van der Waals surface area (Å²) in [5.74, 6) is -0.156. The molecule has 3 N–H and O–H groups in total. The van der Waals surface area contributed by atoms with Crippen LogP contribution < -0.4 is 11.1 Å². The molecule has 0 unspecified atom stereocenters. The van der Waals surface area contributed by atoms with Crippen molar-refractivity contribution in [2.75, 3.05) is 6.54 Å². The summed E-state index contributed by atoms with van der Waals surface area (Å²) in [4.78, 5) is 0. The van der Waals surface area contributed by atoms with Gasteiger partial charge in [0.2, 0.25) is 0 Å². The molecular formula is C12H19FN2. The second-order valence-corrected chi connectivity index (χ2v) is 4.51. The molecule has 0 heterocycles. The average Bonchev–Trinajstić information content (AvgIpc) is 2.13. The number of nitrogens with two attached hydrogens (primary N) is 1. The summed E-state index contributed by atoms with van der Waals surface area (Å²) in [6.07, 6.45) is 0.876. The molecule has 0 radical (unpaired) electrons. The van der Waals surface area contributed by atoms with E-state index in [0.717, 1.165) is 13.0 Å². The van der Waals surface area contributed by atoms with Gasteiger partial charge in [-0.3, -0.25) is 0 Å². The molecule has 0 atom stereocenters. The van der Waals surface area contributed by atoms with Gasteiger partial charge in [-0.05, 0) is 32.9 Å². The molecule has 0 saturated carbocycles. The third-order valence-corrected chi connectivity index (χ3v) is 2.22. The number of halogens is 1. The predicted octanol–water partition coefficient (Wildman–Crippen LogP) is 2.04. The molecule has 0 saturated heterocycles. The first kappa shape index (κ1) is 12.1. The molecule has 84 valence electrons. The van der Waals surface area contributed by atoms with Gasteiger partial charge in [0.05, 0.1) is 0 Å². The largest absolute Gasteiger partial charge is 0.326 e. The van der Waals surface area contributed by atoms with Crippen molar-refractivity contribution < 1.29 is 4.39 Å². The molecule has 1 aromatic rings. The first-order valence-electron chi connectivity index (χ1n) is 5.22. The van der Waals surface area contributed by atoms with E-state index < -0.39 is 0 Å². The topological polar surface area (TPSA) is 38.0 Å². The summed E-state index contributed by atoms with van der Waals surface area (Å²) in [7, 11) is 0. The Morgan fingerprint density at radius 1 is 1.33 bits per heavy atom. The fraction of sp³-hybridized carbons (Fsp3) is 0.500. The maximum Gasteiger partial charge on any atom is 0.127 e. The van der Waals surface area contributed by atoms with E-state index in [9.17, 15) is 4.39 Å². The normalized spacial score (nSPS) is 11.7. The van der Waals surface area contributed by atoms with E-state index in [1.54, 1.807) is 12.1 Å². The SMILES string of the molecule is CC(C)(N)CCNCc1ccccc1F. The van der Waals surface area contributed by atoms with Crippen molar-refractivity contribution in [3.63, 3.8) is 0 Å². The highest BCUT2D eigenvalue weighted by Crippen LogP contribution is 2.06. The van der Waals surface area contributed by atoms with Crippen molar-refractivity contribution in [3.8, 4) is 0 Å². The maximum atomic E-state index is 13.2. The lowest BCUT2D eigenvalue weighted by Gasteiger charge is -2.18. The summed E-state index contributed by atoms with van der Waals surface area (Å²) < 4.78 is 13.2. The Kier molecular flexibility index (Phi) is 4.24. The summed E-state index contributed by atoms with van der Waals surface area (Å²) in [5.41, 5.74) is 6.37. The maximum absolute atomic E-state index is 13.2. The van der Waals surface area contributed by atoms with Crippen molar-refractivity contribution in [2.45, 2.75) is 32.4 Å². The number of nitrogens with one attached hydrogen (secondary N) is 1. The second-order valence-electron chi connectivity index (χ2n) is 4.51. The van der Waals surface area contributed by atoms with Gasteiger partial charge in [0, 0.05) is 17.6 Å². The zero-order valence-corrected chi connectivity index (χ0v) is 9.39. The van der Waals surface area contributed by atoms with Gasteiger partial charge in [-0.25, -0.2) is 4.39 Å². The van der Waals surface area contributed by atoms with Crippen molar-refractivity contribution in [3.05, 3.63) is 35.6 Å². The molecule has 1 rings (SSSR count). The minimum Gasteiger partial charge on any atom is -0.326 e. The van der Waals surface area contributed by atoms with Gasteiger partial charge < -0.3 is 11.1 Å². The predicted molar refractivity (Wildman–Crippen MR) is 61.0 cm³/mol. The van der Waals surface area contributed by atoms with E-state index in [4.69, 9.17) is 5.73 Å². The van der Waals surface area contributed by atoms with Crippen LogP contribution in [0.4, 0.5) is 4.39 Å². The molecule has 1 aromatic carbocycles. The summed E-state index contributed by atoms with van der Waals surface area (Å²) in [6, 6.07) is 6.80. The van der Waals surface area contributed by atoms with E-state index >= 15 is 0 Å². The smallest absolute Gasteiger partial charge is 0.127 e. The molecule has 0 spiro atoms. The molecule has 2 nitrogen and oxygen atoms in total. The third-order valence-electron chi connectivity index (χ3n) is 2.22. The first-order valence-corrected chi connectivity index (χ1v) is 5.22.